The van der Waals surface area contributed by atoms with Crippen molar-refractivity contribution < 1.29 is 24.7 Å². The zero-order valence-electron chi connectivity index (χ0n) is 6.07. The molecule has 1 rings (SSSR count). The van der Waals surface area contributed by atoms with E-state index < -0.39 is 0 Å². The molecule has 0 aliphatic rings. The molecule has 0 nitrogen and oxygen atoms in total. The third-order valence-corrected chi connectivity index (χ3v) is 1.47. The smallest absolute Gasteiger partial charge is 1.00 e. The molecular weight excluding hydrogens is 178 g/mol. The van der Waals surface area contributed by atoms with Crippen LogP contribution in [0.2, 0.25) is 0 Å². The van der Waals surface area contributed by atoms with Gasteiger partial charge in [0.2, 0.25) is 0 Å². The van der Waals surface area contributed by atoms with E-state index in [-0.39, 0.29) is 26.1 Å². The molecule has 0 N–H and O–H groups in total. The molecule has 0 unspecified atom stereocenters. The Morgan fingerprint density at radius 3 is 2.22 bits per heavy atom. The van der Waals surface area contributed by atoms with Gasteiger partial charge in [0, 0.05) is 0 Å². The molecule has 1 aromatic rings. The molecule has 0 bridgehead atoms. The Bertz CT molecular complexity index is 174. The number of benzene rings is 1. The topological polar surface area (TPSA) is 0 Å². The maximum absolute atomic E-state index is 12.3. The second kappa shape index (κ2) is 4.11. The summed E-state index contributed by atoms with van der Waals surface area (Å²) in [5.74, 6) is -0.215. The summed E-state index contributed by atoms with van der Waals surface area (Å²) in [6.45, 7) is 0. The van der Waals surface area contributed by atoms with Crippen LogP contribution in [0.4, 0.5) is 4.39 Å². The van der Waals surface area contributed by atoms with Crippen LogP contribution in [0.25, 0.3) is 0 Å². The van der Waals surface area contributed by atoms with Crippen molar-refractivity contribution in [2.75, 3.05) is 0 Å². The molecule has 0 saturated carbocycles. The van der Waals surface area contributed by atoms with E-state index in [4.69, 9.17) is 0 Å². The first-order valence-electron chi connectivity index (χ1n) is 2.21. The van der Waals surface area contributed by atoms with Crippen LogP contribution in [0.3, 0.4) is 0 Å². The summed E-state index contributed by atoms with van der Waals surface area (Å²) in [5, 5.41) is 0. The van der Waals surface area contributed by atoms with Gasteiger partial charge in [0.25, 0.3) is 0 Å². The Labute approximate surface area is 75.2 Å². The van der Waals surface area contributed by atoms with Crippen LogP contribution in [0.15, 0.2) is 28.7 Å². The molecule has 3 heteroatoms. The summed E-state index contributed by atoms with van der Waals surface area (Å²) in [6.07, 6.45) is 0. The predicted molar refractivity (Wildman–Crippen MR) is 35.2 cm³/mol. The molecule has 0 aliphatic heterocycles. The van der Waals surface area contributed by atoms with E-state index in [1.807, 2.05) is 0 Å². The third-order valence-electron chi connectivity index (χ3n) is 0.824. The van der Waals surface area contributed by atoms with E-state index in [0.29, 0.717) is 4.47 Å². The Morgan fingerprint density at radius 2 is 1.89 bits per heavy atom. The van der Waals surface area contributed by atoms with Crippen molar-refractivity contribution in [1.82, 2.24) is 0 Å². The van der Waals surface area contributed by atoms with E-state index >= 15 is 0 Å². The molecule has 0 atom stereocenters. The zero-order chi connectivity index (χ0) is 5.98. The Kier molecular flexibility index (Phi) is 4.21. The fourth-order valence-electron chi connectivity index (χ4n) is 0.439. The molecule has 1 aromatic carbocycles. The van der Waals surface area contributed by atoms with Gasteiger partial charge in [-0.1, -0.05) is 12.1 Å². The van der Waals surface area contributed by atoms with Gasteiger partial charge in [0.05, 0.1) is 4.47 Å². The van der Waals surface area contributed by atoms with Crippen LogP contribution in [0.5, 0.6) is 0 Å². The Hall–Kier alpha value is 0.227. The minimum Gasteiger partial charge on any atom is -1.00 e. The quantitative estimate of drug-likeness (QED) is 0.484. The van der Waals surface area contributed by atoms with Gasteiger partial charge in [-0.2, -0.15) is 0 Å². The third kappa shape index (κ3) is 2.53. The normalized spacial score (nSPS) is 8.22. The number of rotatable bonds is 0. The average molecular weight is 183 g/mol. The number of hydrogen-bond acceptors (Lipinski definition) is 0. The van der Waals surface area contributed by atoms with Gasteiger partial charge in [0.1, 0.15) is 5.82 Å². The van der Waals surface area contributed by atoms with Gasteiger partial charge >= 0.3 is 18.9 Å². The molecule has 0 saturated heterocycles. The number of halogens is 2. The van der Waals surface area contributed by atoms with Crippen molar-refractivity contribution in [2.45, 2.75) is 0 Å². The molecule has 44 valence electrons. The Balaban J connectivity index is 0. The van der Waals surface area contributed by atoms with Crippen LogP contribution in [0.1, 0.15) is 1.43 Å². The van der Waals surface area contributed by atoms with E-state index in [0.717, 1.165) is 0 Å². The maximum Gasteiger partial charge on any atom is 1.00 e. The monoisotopic (exact) mass is 182 g/mol. The summed E-state index contributed by atoms with van der Waals surface area (Å²) < 4.78 is 12.8. The van der Waals surface area contributed by atoms with Crippen LogP contribution < -0.4 is 18.9 Å². The first kappa shape index (κ1) is 9.23. The molecule has 0 aromatic heterocycles. The molecule has 0 spiro atoms. The van der Waals surface area contributed by atoms with Gasteiger partial charge in [-0.05, 0) is 28.1 Å². The van der Waals surface area contributed by atoms with Crippen LogP contribution in [-0.4, -0.2) is 0 Å². The summed E-state index contributed by atoms with van der Waals surface area (Å²) in [4.78, 5) is 0. The molecule has 0 aliphatic carbocycles. The van der Waals surface area contributed by atoms with Gasteiger partial charge in [0.15, 0.2) is 0 Å². The fraction of sp³-hybridized carbons (Fsp3) is 0. The summed E-state index contributed by atoms with van der Waals surface area (Å²) in [6, 6.07) is 6.49. The fourth-order valence-corrected chi connectivity index (χ4v) is 0.724. The van der Waals surface area contributed by atoms with Crippen molar-refractivity contribution in [2.24, 2.45) is 0 Å². The van der Waals surface area contributed by atoms with E-state index in [9.17, 15) is 4.39 Å². The van der Waals surface area contributed by atoms with E-state index in [1.54, 1.807) is 18.2 Å². The average Bonchev–Trinajstić information content (AvgIpc) is 1.77. The van der Waals surface area contributed by atoms with Crippen LogP contribution in [-0.2, 0) is 0 Å². The van der Waals surface area contributed by atoms with Crippen molar-refractivity contribution in [3.05, 3.63) is 34.6 Å². The van der Waals surface area contributed by atoms with Gasteiger partial charge in [-0.25, -0.2) is 4.39 Å². The number of hydrogen-bond donors (Lipinski definition) is 0. The van der Waals surface area contributed by atoms with Gasteiger partial charge < -0.3 is 1.43 Å². The van der Waals surface area contributed by atoms with Crippen LogP contribution in [0, 0.1) is 5.82 Å². The van der Waals surface area contributed by atoms with Gasteiger partial charge in [-0.15, -0.1) is 0 Å². The molecule has 0 amide bonds. The van der Waals surface area contributed by atoms with Crippen molar-refractivity contribution in [3.8, 4) is 0 Å². The molecular formula is C6H5BrFLi. The maximum atomic E-state index is 12.3. The van der Waals surface area contributed by atoms with Crippen molar-refractivity contribution in [1.29, 1.82) is 0 Å². The standard InChI is InChI=1S/C6H4BrF.Li.H/c7-5-3-1-2-4-6(5)8;;/h1-4H;;/q;+1;-1. The molecule has 9 heavy (non-hydrogen) atoms. The van der Waals surface area contributed by atoms with E-state index in [2.05, 4.69) is 15.9 Å². The minimum atomic E-state index is -0.215. The van der Waals surface area contributed by atoms with Gasteiger partial charge in [-0.3, -0.25) is 0 Å². The SMILES string of the molecule is Fc1ccccc1Br.[H-].[Li+]. The second-order valence-electron chi connectivity index (χ2n) is 1.41. The van der Waals surface area contributed by atoms with Crippen molar-refractivity contribution in [3.63, 3.8) is 0 Å². The summed E-state index contributed by atoms with van der Waals surface area (Å²) in [7, 11) is 0. The molecule has 0 radical (unpaired) electrons. The van der Waals surface area contributed by atoms with E-state index in [1.165, 1.54) is 6.07 Å². The second-order valence-corrected chi connectivity index (χ2v) is 2.27. The largest absolute Gasteiger partial charge is 1.00 e. The molecule has 0 fully saturated rings. The van der Waals surface area contributed by atoms with Crippen molar-refractivity contribution >= 4 is 15.9 Å². The first-order valence-corrected chi connectivity index (χ1v) is 3.00. The first-order chi connectivity index (χ1) is 3.80. The predicted octanol–water partition coefficient (Wildman–Crippen LogP) is -0.295. The van der Waals surface area contributed by atoms with Crippen LogP contribution >= 0.6 is 15.9 Å². The molecule has 0 heterocycles. The summed E-state index contributed by atoms with van der Waals surface area (Å²) >= 11 is 3.02. The Morgan fingerprint density at radius 1 is 1.33 bits per heavy atom. The minimum absolute atomic E-state index is 0. The summed E-state index contributed by atoms with van der Waals surface area (Å²) in [5.41, 5.74) is 0. The zero-order valence-corrected chi connectivity index (χ0v) is 6.65.